The predicted molar refractivity (Wildman–Crippen MR) is 79.7 cm³/mol. The van der Waals surface area contributed by atoms with Crippen molar-refractivity contribution in [3.05, 3.63) is 28.7 Å². The number of anilines is 1. The molecule has 0 spiro atoms. The Hall–Kier alpha value is -1.56. The van der Waals surface area contributed by atoms with Gasteiger partial charge in [-0.05, 0) is 37.0 Å². The number of carbonyl (C=O) groups is 2. The quantitative estimate of drug-likeness (QED) is 0.887. The lowest BCUT2D eigenvalue weighted by Crippen LogP contribution is -2.42. The molecule has 20 heavy (non-hydrogen) atoms. The van der Waals surface area contributed by atoms with Gasteiger partial charge >= 0.3 is 12.0 Å². The highest BCUT2D eigenvalue weighted by molar-refractivity contribution is 9.10. The second kappa shape index (κ2) is 6.74. The number of carboxylic acid groups (broad SMARTS) is 1. The SMILES string of the molecule is O=C(O)CC1CCCN(C(=O)Nc2cccc(Br)c2)C1. The number of halogens is 1. The van der Waals surface area contributed by atoms with Gasteiger partial charge in [-0.2, -0.15) is 0 Å². The standard InChI is InChI=1S/C14H17BrN2O3/c15-11-4-1-5-12(8-11)16-14(20)17-6-2-3-10(9-17)7-13(18)19/h1,4-5,8,10H,2-3,6-7,9H2,(H,16,20)(H,18,19). The van der Waals surface area contributed by atoms with Gasteiger partial charge in [0.2, 0.25) is 0 Å². The highest BCUT2D eigenvalue weighted by Crippen LogP contribution is 2.21. The number of hydrogen-bond donors (Lipinski definition) is 2. The molecule has 1 aliphatic rings. The van der Waals surface area contributed by atoms with E-state index < -0.39 is 5.97 Å². The topological polar surface area (TPSA) is 69.6 Å². The smallest absolute Gasteiger partial charge is 0.321 e. The number of hydrogen-bond acceptors (Lipinski definition) is 2. The van der Waals surface area contributed by atoms with E-state index in [1.165, 1.54) is 0 Å². The molecule has 2 N–H and O–H groups in total. The van der Waals surface area contributed by atoms with Crippen LogP contribution in [0.3, 0.4) is 0 Å². The Kier molecular flexibility index (Phi) is 5.00. The zero-order valence-electron chi connectivity index (χ0n) is 11.0. The molecule has 1 fully saturated rings. The molecule has 0 saturated carbocycles. The molecule has 1 atom stereocenters. The number of amides is 2. The first-order chi connectivity index (χ1) is 9.54. The Morgan fingerprint density at radius 2 is 2.25 bits per heavy atom. The number of aliphatic carboxylic acids is 1. The van der Waals surface area contributed by atoms with Gasteiger partial charge in [0.1, 0.15) is 0 Å². The number of benzene rings is 1. The minimum Gasteiger partial charge on any atom is -0.481 e. The second-order valence-electron chi connectivity index (χ2n) is 4.99. The van der Waals surface area contributed by atoms with Crippen LogP contribution in [0.25, 0.3) is 0 Å². The summed E-state index contributed by atoms with van der Waals surface area (Å²) in [5.74, 6) is -0.751. The Balaban J connectivity index is 1.93. The number of likely N-dealkylation sites (tertiary alicyclic amines) is 1. The van der Waals surface area contributed by atoms with Crippen molar-refractivity contribution in [3.8, 4) is 0 Å². The molecule has 1 aromatic rings. The number of nitrogens with zero attached hydrogens (tertiary/aromatic N) is 1. The van der Waals surface area contributed by atoms with Crippen LogP contribution < -0.4 is 5.32 Å². The second-order valence-corrected chi connectivity index (χ2v) is 5.91. The maximum atomic E-state index is 12.2. The third-order valence-electron chi connectivity index (χ3n) is 3.35. The van der Waals surface area contributed by atoms with E-state index in [2.05, 4.69) is 21.2 Å². The van der Waals surface area contributed by atoms with E-state index in [0.717, 1.165) is 23.0 Å². The molecule has 1 saturated heterocycles. The maximum absolute atomic E-state index is 12.2. The third kappa shape index (κ3) is 4.23. The van der Waals surface area contributed by atoms with E-state index in [-0.39, 0.29) is 18.4 Å². The molecular weight excluding hydrogens is 324 g/mol. The highest BCUT2D eigenvalue weighted by atomic mass is 79.9. The molecular formula is C14H17BrN2O3. The largest absolute Gasteiger partial charge is 0.481 e. The van der Waals surface area contributed by atoms with Crippen molar-refractivity contribution in [3.63, 3.8) is 0 Å². The van der Waals surface area contributed by atoms with E-state index in [0.29, 0.717) is 13.1 Å². The van der Waals surface area contributed by atoms with Crippen molar-refractivity contribution in [2.75, 3.05) is 18.4 Å². The monoisotopic (exact) mass is 340 g/mol. The van der Waals surface area contributed by atoms with E-state index >= 15 is 0 Å². The molecule has 2 rings (SSSR count). The van der Waals surface area contributed by atoms with E-state index in [1.54, 1.807) is 4.90 Å². The molecule has 0 aliphatic carbocycles. The average Bonchev–Trinajstić information content (AvgIpc) is 2.38. The van der Waals surface area contributed by atoms with Crippen molar-refractivity contribution in [1.82, 2.24) is 4.90 Å². The molecule has 5 nitrogen and oxygen atoms in total. The third-order valence-corrected chi connectivity index (χ3v) is 3.84. The number of carbonyl (C=O) groups excluding carboxylic acids is 1. The zero-order chi connectivity index (χ0) is 14.5. The minimum absolute atomic E-state index is 0.0505. The van der Waals surface area contributed by atoms with E-state index in [1.807, 2.05) is 24.3 Å². The Morgan fingerprint density at radius 3 is 2.95 bits per heavy atom. The van der Waals surface area contributed by atoms with Crippen molar-refractivity contribution in [2.45, 2.75) is 19.3 Å². The number of urea groups is 1. The summed E-state index contributed by atoms with van der Waals surface area (Å²) in [5.41, 5.74) is 0.727. The van der Waals surface area contributed by atoms with Crippen LogP contribution in [-0.2, 0) is 4.79 Å². The van der Waals surface area contributed by atoms with Crippen LogP contribution in [0.5, 0.6) is 0 Å². The number of nitrogens with one attached hydrogen (secondary N) is 1. The highest BCUT2D eigenvalue weighted by Gasteiger charge is 2.25. The van der Waals surface area contributed by atoms with Crippen LogP contribution >= 0.6 is 15.9 Å². The fraction of sp³-hybridized carbons (Fsp3) is 0.429. The zero-order valence-corrected chi connectivity index (χ0v) is 12.6. The van der Waals surface area contributed by atoms with Crippen LogP contribution in [0, 0.1) is 5.92 Å². The molecule has 0 radical (unpaired) electrons. The van der Waals surface area contributed by atoms with Crippen LogP contribution in [0.15, 0.2) is 28.7 Å². The molecule has 108 valence electrons. The van der Waals surface area contributed by atoms with Gasteiger partial charge in [-0.3, -0.25) is 4.79 Å². The van der Waals surface area contributed by atoms with Crippen molar-refractivity contribution >= 4 is 33.6 Å². The first-order valence-electron chi connectivity index (χ1n) is 6.58. The Labute approximate surface area is 126 Å². The summed E-state index contributed by atoms with van der Waals surface area (Å²) in [7, 11) is 0. The fourth-order valence-corrected chi connectivity index (χ4v) is 2.83. The summed E-state index contributed by atoms with van der Waals surface area (Å²) in [5, 5.41) is 11.7. The normalized spacial score (nSPS) is 18.6. The number of carboxylic acids is 1. The molecule has 1 aliphatic heterocycles. The van der Waals surface area contributed by atoms with Gasteiger partial charge in [0.15, 0.2) is 0 Å². The Morgan fingerprint density at radius 1 is 1.45 bits per heavy atom. The van der Waals surface area contributed by atoms with Gasteiger partial charge in [-0.25, -0.2) is 4.79 Å². The first kappa shape index (κ1) is 14.8. The Bertz CT molecular complexity index is 507. The molecule has 2 amide bonds. The summed E-state index contributed by atoms with van der Waals surface area (Å²) in [6, 6.07) is 7.22. The summed E-state index contributed by atoms with van der Waals surface area (Å²) in [6.45, 7) is 1.18. The molecule has 1 aromatic carbocycles. The van der Waals surface area contributed by atoms with Gasteiger partial charge in [0.25, 0.3) is 0 Å². The molecule has 1 unspecified atom stereocenters. The maximum Gasteiger partial charge on any atom is 0.321 e. The van der Waals surface area contributed by atoms with Gasteiger partial charge < -0.3 is 15.3 Å². The van der Waals surface area contributed by atoms with E-state index in [4.69, 9.17) is 5.11 Å². The van der Waals surface area contributed by atoms with Gasteiger partial charge in [-0.15, -0.1) is 0 Å². The molecule has 0 bridgehead atoms. The van der Waals surface area contributed by atoms with Crippen LogP contribution in [0.1, 0.15) is 19.3 Å². The number of piperidine rings is 1. The lowest BCUT2D eigenvalue weighted by Gasteiger charge is -2.32. The van der Waals surface area contributed by atoms with Gasteiger partial charge in [-0.1, -0.05) is 22.0 Å². The van der Waals surface area contributed by atoms with Crippen molar-refractivity contribution < 1.29 is 14.7 Å². The fourth-order valence-electron chi connectivity index (χ4n) is 2.43. The lowest BCUT2D eigenvalue weighted by molar-refractivity contribution is -0.138. The average molecular weight is 341 g/mol. The van der Waals surface area contributed by atoms with Crippen molar-refractivity contribution in [2.24, 2.45) is 5.92 Å². The van der Waals surface area contributed by atoms with Gasteiger partial charge in [0.05, 0.1) is 0 Å². The van der Waals surface area contributed by atoms with Crippen LogP contribution in [0.2, 0.25) is 0 Å². The summed E-state index contributed by atoms with van der Waals surface area (Å²) >= 11 is 3.35. The molecule has 0 aromatic heterocycles. The molecule has 6 heteroatoms. The molecule has 1 heterocycles. The van der Waals surface area contributed by atoms with E-state index in [9.17, 15) is 9.59 Å². The van der Waals surface area contributed by atoms with Gasteiger partial charge in [0, 0.05) is 29.7 Å². The summed E-state index contributed by atoms with van der Waals surface area (Å²) in [6.07, 6.45) is 1.84. The minimum atomic E-state index is -0.802. The first-order valence-corrected chi connectivity index (χ1v) is 7.37. The van der Waals surface area contributed by atoms with Crippen molar-refractivity contribution in [1.29, 1.82) is 0 Å². The predicted octanol–water partition coefficient (Wildman–Crippen LogP) is 3.17. The van der Waals surface area contributed by atoms with Crippen LogP contribution in [0.4, 0.5) is 10.5 Å². The summed E-state index contributed by atoms with van der Waals surface area (Å²) in [4.78, 5) is 24.6. The summed E-state index contributed by atoms with van der Waals surface area (Å²) < 4.78 is 0.901. The van der Waals surface area contributed by atoms with Crippen LogP contribution in [-0.4, -0.2) is 35.1 Å². The number of rotatable bonds is 3. The lowest BCUT2D eigenvalue weighted by atomic mass is 9.95.